The van der Waals surface area contributed by atoms with Gasteiger partial charge in [-0.3, -0.25) is 0 Å². The van der Waals surface area contributed by atoms with Crippen LogP contribution >= 0.6 is 0 Å². The van der Waals surface area contributed by atoms with Crippen molar-refractivity contribution < 1.29 is 39.9 Å². The Morgan fingerprint density at radius 1 is 1.23 bits per heavy atom. The maximum atomic E-state index is 9.45. The van der Waals surface area contributed by atoms with Gasteiger partial charge in [0.05, 0.1) is 0 Å². The number of aliphatic hydroxyl groups is 2. The summed E-state index contributed by atoms with van der Waals surface area (Å²) in [5.74, 6) is 0. The number of unbranched alkanes of at least 4 members (excludes halogenated alkanes) is 1. The number of hydrogen-bond donors (Lipinski definition) is 3. The predicted molar refractivity (Wildman–Crippen MR) is 48.5 cm³/mol. The van der Waals surface area contributed by atoms with Crippen LogP contribution in [0.5, 0.6) is 0 Å². The van der Waals surface area contributed by atoms with Crippen LogP contribution in [0, 0.1) is 0 Å². The van der Waals surface area contributed by atoms with E-state index in [4.69, 9.17) is 0 Å². The minimum atomic E-state index is -0.587. The Balaban J connectivity index is 0. The second-order valence-electron chi connectivity index (χ2n) is 3.69. The molecule has 0 rings (SSSR count). The fraction of sp³-hybridized carbons (Fsp3) is 1.00. The fourth-order valence-corrected chi connectivity index (χ4v) is 1.27. The molecule has 0 heterocycles. The maximum absolute atomic E-state index is 9.45. The minimum absolute atomic E-state index is 0. The Morgan fingerprint density at radius 2 is 1.62 bits per heavy atom. The van der Waals surface area contributed by atoms with Gasteiger partial charge in [0.2, 0.25) is 0 Å². The Labute approximate surface area is 97.7 Å². The van der Waals surface area contributed by atoms with Gasteiger partial charge >= 0.3 is 0 Å². The van der Waals surface area contributed by atoms with E-state index in [1.807, 2.05) is 0 Å². The summed E-state index contributed by atoms with van der Waals surface area (Å²) in [4.78, 5) is 0. The first-order valence-electron chi connectivity index (χ1n) is 4.66. The van der Waals surface area contributed by atoms with Crippen molar-refractivity contribution >= 4 is 0 Å². The van der Waals surface area contributed by atoms with Crippen LogP contribution in [0.1, 0.15) is 40.0 Å². The smallest absolute Gasteiger partial charge is 0.146 e. The van der Waals surface area contributed by atoms with Gasteiger partial charge in [-0.25, -0.2) is 0 Å². The third-order valence-corrected chi connectivity index (χ3v) is 2.66. The molecule has 0 fully saturated rings. The molecule has 0 saturated heterocycles. The summed E-state index contributed by atoms with van der Waals surface area (Å²) >= 11 is 0. The van der Waals surface area contributed by atoms with E-state index in [9.17, 15) is 10.2 Å². The Bertz CT molecular complexity index is 121. The minimum Gasteiger partial charge on any atom is -1.00 e. The molecule has 82 valence electrons. The lowest BCUT2D eigenvalue weighted by atomic mass is 9.84. The first-order valence-corrected chi connectivity index (χ1v) is 4.66. The van der Waals surface area contributed by atoms with Crippen LogP contribution in [0.2, 0.25) is 0 Å². The summed E-state index contributed by atoms with van der Waals surface area (Å²) in [6, 6.07) is 0. The van der Waals surface area contributed by atoms with Crippen molar-refractivity contribution in [1.82, 2.24) is 0 Å². The Hall–Kier alpha value is 0.610. The van der Waals surface area contributed by atoms with Gasteiger partial charge in [-0.2, -0.15) is 0 Å². The van der Waals surface area contributed by atoms with Crippen LogP contribution in [0.15, 0.2) is 0 Å². The summed E-state index contributed by atoms with van der Waals surface area (Å²) in [5.41, 5.74) is 3.32. The molecule has 0 aromatic heterocycles. The monoisotopic (exact) mass is 303 g/mol. The second-order valence-corrected chi connectivity index (χ2v) is 3.69. The molecular formula is C9H22INO2. The Kier molecular flexibility index (Phi) is 8.61. The molecule has 0 aliphatic rings. The maximum Gasteiger partial charge on any atom is 0.146 e. The average Bonchev–Trinajstić information content (AvgIpc) is 1.99. The van der Waals surface area contributed by atoms with Crippen LogP contribution in [-0.4, -0.2) is 28.0 Å². The van der Waals surface area contributed by atoms with Gasteiger partial charge in [0.15, 0.2) is 0 Å². The molecule has 3 nitrogen and oxygen atoms in total. The van der Waals surface area contributed by atoms with E-state index in [0.29, 0.717) is 0 Å². The number of quaternary nitrogens is 1. The van der Waals surface area contributed by atoms with Crippen molar-refractivity contribution in [3.05, 3.63) is 0 Å². The molecule has 0 aliphatic carbocycles. The van der Waals surface area contributed by atoms with E-state index in [1.165, 1.54) is 0 Å². The average molecular weight is 303 g/mol. The Morgan fingerprint density at radius 3 is 1.85 bits per heavy atom. The third-order valence-electron chi connectivity index (χ3n) is 2.66. The van der Waals surface area contributed by atoms with Gasteiger partial charge < -0.3 is 39.9 Å². The van der Waals surface area contributed by atoms with Crippen LogP contribution in [0.4, 0.5) is 0 Å². The quantitative estimate of drug-likeness (QED) is 0.472. The molecule has 0 aliphatic heterocycles. The first-order chi connectivity index (χ1) is 5.45. The molecule has 5 N–H and O–H groups in total. The SMILES string of the molecule is CCCCC([NH3+])(C(C)O)C(C)O.[I-]. The molecule has 13 heavy (non-hydrogen) atoms. The number of hydrogen-bond acceptors (Lipinski definition) is 2. The molecule has 0 aromatic rings. The zero-order chi connectivity index (χ0) is 9.78. The predicted octanol–water partition coefficient (Wildman–Crippen LogP) is -3.08. The molecule has 0 bridgehead atoms. The van der Waals surface area contributed by atoms with Crippen molar-refractivity contribution in [1.29, 1.82) is 0 Å². The largest absolute Gasteiger partial charge is 1.00 e. The highest BCUT2D eigenvalue weighted by atomic mass is 127. The number of halogens is 1. The first kappa shape index (κ1) is 16.1. The highest BCUT2D eigenvalue weighted by Crippen LogP contribution is 2.17. The van der Waals surface area contributed by atoms with Crippen molar-refractivity contribution in [3.8, 4) is 0 Å². The van der Waals surface area contributed by atoms with Gasteiger partial charge in [0, 0.05) is 6.42 Å². The molecule has 0 spiro atoms. The van der Waals surface area contributed by atoms with Gasteiger partial charge in [-0.1, -0.05) is 13.3 Å². The van der Waals surface area contributed by atoms with Crippen LogP contribution < -0.4 is 29.7 Å². The molecule has 0 aromatic carbocycles. The topological polar surface area (TPSA) is 68.1 Å². The highest BCUT2D eigenvalue weighted by Gasteiger charge is 2.39. The molecule has 0 saturated carbocycles. The van der Waals surface area contributed by atoms with E-state index in [-0.39, 0.29) is 24.0 Å². The zero-order valence-corrected chi connectivity index (χ0v) is 10.9. The zero-order valence-electron chi connectivity index (χ0n) is 8.76. The lowest BCUT2D eigenvalue weighted by molar-refractivity contribution is -0.514. The third kappa shape index (κ3) is 4.58. The van der Waals surface area contributed by atoms with E-state index in [0.717, 1.165) is 19.3 Å². The van der Waals surface area contributed by atoms with Crippen molar-refractivity contribution in [2.24, 2.45) is 0 Å². The van der Waals surface area contributed by atoms with E-state index in [2.05, 4.69) is 12.7 Å². The lowest BCUT2D eigenvalue weighted by Crippen LogP contribution is -3.00. The van der Waals surface area contributed by atoms with Crippen molar-refractivity contribution in [2.75, 3.05) is 0 Å². The van der Waals surface area contributed by atoms with Gasteiger partial charge in [-0.15, -0.1) is 0 Å². The highest BCUT2D eigenvalue weighted by molar-refractivity contribution is 4.87. The standard InChI is InChI=1S/C9H21NO2.HI/c1-4-5-6-9(10,7(2)11)8(3)12;/h7-8,11-12H,4-6,10H2,1-3H3;1H. The number of rotatable bonds is 5. The molecule has 2 unspecified atom stereocenters. The van der Waals surface area contributed by atoms with E-state index >= 15 is 0 Å². The van der Waals surface area contributed by atoms with Gasteiger partial charge in [0.25, 0.3) is 0 Å². The molecule has 0 amide bonds. The van der Waals surface area contributed by atoms with Crippen molar-refractivity contribution in [3.63, 3.8) is 0 Å². The van der Waals surface area contributed by atoms with E-state index in [1.54, 1.807) is 13.8 Å². The summed E-state index contributed by atoms with van der Waals surface area (Å²) in [6.07, 6.45) is 1.74. The molecule has 2 atom stereocenters. The summed E-state index contributed by atoms with van der Waals surface area (Å²) in [6.45, 7) is 5.47. The van der Waals surface area contributed by atoms with Gasteiger partial charge in [-0.05, 0) is 20.3 Å². The molecular weight excluding hydrogens is 281 g/mol. The molecule has 4 heteroatoms. The molecule has 0 radical (unpaired) electrons. The second kappa shape index (κ2) is 6.98. The van der Waals surface area contributed by atoms with Crippen LogP contribution in [0.3, 0.4) is 0 Å². The normalized spacial score (nSPS) is 19.8. The summed E-state index contributed by atoms with van der Waals surface area (Å²) in [7, 11) is 0. The van der Waals surface area contributed by atoms with Crippen molar-refractivity contribution in [2.45, 2.75) is 57.8 Å². The van der Waals surface area contributed by atoms with E-state index < -0.39 is 17.7 Å². The number of aliphatic hydroxyl groups excluding tert-OH is 2. The lowest BCUT2D eigenvalue weighted by Gasteiger charge is -2.31. The van der Waals surface area contributed by atoms with Crippen LogP contribution in [-0.2, 0) is 0 Å². The summed E-state index contributed by atoms with van der Waals surface area (Å²) < 4.78 is 0. The fourth-order valence-electron chi connectivity index (χ4n) is 1.27. The summed E-state index contributed by atoms with van der Waals surface area (Å²) in [5, 5.41) is 18.9. The van der Waals surface area contributed by atoms with Gasteiger partial charge in [0.1, 0.15) is 17.7 Å². The van der Waals surface area contributed by atoms with Crippen LogP contribution in [0.25, 0.3) is 0 Å².